The summed E-state index contributed by atoms with van der Waals surface area (Å²) in [4.78, 5) is 9.42. The summed E-state index contributed by atoms with van der Waals surface area (Å²) < 4.78 is 7.80. The average Bonchev–Trinajstić information content (AvgIpc) is 3.24. The second kappa shape index (κ2) is 6.42. The van der Waals surface area contributed by atoms with E-state index in [0.29, 0.717) is 11.8 Å². The van der Waals surface area contributed by atoms with Gasteiger partial charge >= 0.3 is 0 Å². The van der Waals surface area contributed by atoms with Crippen LogP contribution in [0.4, 0.5) is 0 Å². The smallest absolute Gasteiger partial charge is 0.245 e. The second-order valence-corrected chi connectivity index (χ2v) is 8.16. The van der Waals surface area contributed by atoms with Crippen molar-refractivity contribution in [2.75, 3.05) is 26.7 Å². The maximum absolute atomic E-state index is 5.59. The number of nitrogens with zero attached hydrogens (tertiary/aromatic N) is 7. The van der Waals surface area contributed by atoms with Crippen LogP contribution in [0.1, 0.15) is 73.3 Å². The van der Waals surface area contributed by atoms with E-state index in [9.17, 15) is 0 Å². The molecule has 2 aliphatic carbocycles. The van der Waals surface area contributed by atoms with Gasteiger partial charge in [-0.05, 0) is 32.7 Å². The molecular weight excluding hydrogens is 330 g/mol. The Hall–Kier alpha value is -1.80. The van der Waals surface area contributed by atoms with Crippen LogP contribution in [-0.4, -0.2) is 61.4 Å². The Labute approximate surface area is 153 Å². The molecule has 2 saturated carbocycles. The molecular formula is C18H27N7O. The Morgan fingerprint density at radius 1 is 1.04 bits per heavy atom. The van der Waals surface area contributed by atoms with Gasteiger partial charge in [-0.1, -0.05) is 11.6 Å². The van der Waals surface area contributed by atoms with Gasteiger partial charge in [0.1, 0.15) is 17.7 Å². The molecule has 0 bridgehead atoms. The molecule has 8 heteroatoms. The van der Waals surface area contributed by atoms with E-state index < -0.39 is 0 Å². The fourth-order valence-corrected chi connectivity index (χ4v) is 3.97. The van der Waals surface area contributed by atoms with Crippen LogP contribution in [0.5, 0.6) is 0 Å². The number of hydrogen-bond donors (Lipinski definition) is 0. The first kappa shape index (κ1) is 16.4. The third-order valence-corrected chi connectivity index (χ3v) is 6.25. The van der Waals surface area contributed by atoms with Crippen LogP contribution in [0.25, 0.3) is 0 Å². The van der Waals surface area contributed by atoms with Crippen LogP contribution in [-0.2, 0) is 13.6 Å². The molecule has 0 aromatic carbocycles. The van der Waals surface area contributed by atoms with Gasteiger partial charge in [0.25, 0.3) is 0 Å². The molecule has 5 rings (SSSR count). The third-order valence-electron chi connectivity index (χ3n) is 6.25. The molecule has 3 fully saturated rings. The maximum atomic E-state index is 5.59. The van der Waals surface area contributed by atoms with Gasteiger partial charge in [0.2, 0.25) is 5.89 Å². The highest BCUT2D eigenvalue weighted by atomic mass is 16.5. The molecule has 0 radical (unpaired) electrons. The number of rotatable bonds is 5. The summed E-state index contributed by atoms with van der Waals surface area (Å²) in [5, 5.41) is 13.1. The molecule has 140 valence electrons. The summed E-state index contributed by atoms with van der Waals surface area (Å²) in [6.45, 7) is 3.71. The molecule has 1 atom stereocenters. The first-order chi connectivity index (χ1) is 12.7. The van der Waals surface area contributed by atoms with E-state index in [-0.39, 0.29) is 6.04 Å². The van der Waals surface area contributed by atoms with E-state index in [4.69, 9.17) is 4.52 Å². The van der Waals surface area contributed by atoms with Crippen molar-refractivity contribution in [2.45, 2.75) is 56.5 Å². The number of piperazine rings is 1. The zero-order valence-corrected chi connectivity index (χ0v) is 15.6. The van der Waals surface area contributed by atoms with E-state index in [1.54, 1.807) is 0 Å². The molecule has 3 aliphatic rings. The van der Waals surface area contributed by atoms with E-state index in [1.165, 1.54) is 32.1 Å². The lowest BCUT2D eigenvalue weighted by Crippen LogP contribution is -2.46. The first-order valence-corrected chi connectivity index (χ1v) is 9.83. The maximum Gasteiger partial charge on any atom is 0.245 e. The fraction of sp³-hybridized carbons (Fsp3) is 0.778. The Morgan fingerprint density at radius 3 is 2.62 bits per heavy atom. The molecule has 1 unspecified atom stereocenters. The van der Waals surface area contributed by atoms with Gasteiger partial charge in [0.15, 0.2) is 5.82 Å². The van der Waals surface area contributed by atoms with Crippen molar-refractivity contribution in [3.8, 4) is 0 Å². The highest BCUT2D eigenvalue weighted by molar-refractivity contribution is 5.07. The van der Waals surface area contributed by atoms with Gasteiger partial charge in [-0.25, -0.2) is 0 Å². The molecule has 26 heavy (non-hydrogen) atoms. The van der Waals surface area contributed by atoms with Crippen LogP contribution < -0.4 is 0 Å². The van der Waals surface area contributed by atoms with Crippen LogP contribution in [0.2, 0.25) is 0 Å². The minimum Gasteiger partial charge on any atom is -0.338 e. The van der Waals surface area contributed by atoms with Crippen molar-refractivity contribution >= 4 is 0 Å². The normalized spacial score (nSPS) is 25.5. The van der Waals surface area contributed by atoms with Crippen molar-refractivity contribution in [3.05, 3.63) is 23.4 Å². The first-order valence-electron chi connectivity index (χ1n) is 9.83. The molecule has 8 nitrogen and oxygen atoms in total. The molecule has 1 saturated heterocycles. The van der Waals surface area contributed by atoms with E-state index in [1.807, 2.05) is 0 Å². The average molecular weight is 357 g/mol. The van der Waals surface area contributed by atoms with Crippen LogP contribution in [0, 0.1) is 0 Å². The van der Waals surface area contributed by atoms with Gasteiger partial charge in [-0.3, -0.25) is 9.80 Å². The van der Waals surface area contributed by atoms with Crippen molar-refractivity contribution in [1.29, 1.82) is 0 Å². The summed E-state index contributed by atoms with van der Waals surface area (Å²) in [5.74, 6) is 5.00. The highest BCUT2D eigenvalue weighted by Crippen LogP contribution is 2.39. The summed E-state index contributed by atoms with van der Waals surface area (Å²) in [7, 11) is 4.25. The van der Waals surface area contributed by atoms with Crippen LogP contribution in [0.3, 0.4) is 0 Å². The fourth-order valence-electron chi connectivity index (χ4n) is 3.97. The molecule has 1 aliphatic heterocycles. The van der Waals surface area contributed by atoms with E-state index in [0.717, 1.165) is 49.5 Å². The van der Waals surface area contributed by atoms with Crippen LogP contribution in [0.15, 0.2) is 4.52 Å². The SMILES string of the molecule is CN1CCN(Cc2nnc(C3CCC3)n2C)CC1c1nc(C2CC2)no1. The minimum atomic E-state index is 0.156. The lowest BCUT2D eigenvalue weighted by atomic mass is 9.85. The Kier molecular flexibility index (Phi) is 4.04. The summed E-state index contributed by atoms with van der Waals surface area (Å²) in [6, 6.07) is 0.156. The lowest BCUT2D eigenvalue weighted by Gasteiger charge is -2.37. The second-order valence-electron chi connectivity index (χ2n) is 8.16. The Morgan fingerprint density at radius 2 is 1.88 bits per heavy atom. The predicted molar refractivity (Wildman–Crippen MR) is 94.5 cm³/mol. The van der Waals surface area contributed by atoms with Crippen molar-refractivity contribution < 1.29 is 4.52 Å². The lowest BCUT2D eigenvalue weighted by molar-refractivity contribution is 0.0693. The van der Waals surface area contributed by atoms with Gasteiger partial charge in [0, 0.05) is 38.5 Å². The predicted octanol–water partition coefficient (Wildman–Crippen LogP) is 1.83. The molecule has 0 amide bonds. The van der Waals surface area contributed by atoms with E-state index in [2.05, 4.69) is 48.8 Å². The Bertz CT molecular complexity index is 776. The summed E-state index contributed by atoms with van der Waals surface area (Å²) in [6.07, 6.45) is 6.22. The molecule has 0 N–H and O–H groups in total. The van der Waals surface area contributed by atoms with Gasteiger partial charge in [-0.2, -0.15) is 4.98 Å². The van der Waals surface area contributed by atoms with Crippen molar-refractivity contribution in [2.24, 2.45) is 7.05 Å². The molecule has 2 aromatic heterocycles. The zero-order chi connectivity index (χ0) is 17.7. The molecule has 3 heterocycles. The van der Waals surface area contributed by atoms with Gasteiger partial charge < -0.3 is 9.09 Å². The monoisotopic (exact) mass is 357 g/mol. The zero-order valence-electron chi connectivity index (χ0n) is 15.6. The minimum absolute atomic E-state index is 0.156. The van der Waals surface area contributed by atoms with Crippen molar-refractivity contribution in [3.63, 3.8) is 0 Å². The topological polar surface area (TPSA) is 76.1 Å². The van der Waals surface area contributed by atoms with Gasteiger partial charge in [-0.15, -0.1) is 10.2 Å². The van der Waals surface area contributed by atoms with Gasteiger partial charge in [0.05, 0.1) is 6.54 Å². The quantitative estimate of drug-likeness (QED) is 0.808. The van der Waals surface area contributed by atoms with Crippen LogP contribution >= 0.6 is 0 Å². The standard InChI is InChI=1S/C18H27N7O/c1-23-8-9-25(10-14(23)18-19-16(22-26-18)12-6-7-12)11-15-20-21-17(24(15)2)13-4-3-5-13/h12-14H,3-11H2,1-2H3. The largest absolute Gasteiger partial charge is 0.338 e. The number of likely N-dealkylation sites (N-methyl/N-ethyl adjacent to an activating group) is 1. The summed E-state index contributed by atoms with van der Waals surface area (Å²) >= 11 is 0. The summed E-state index contributed by atoms with van der Waals surface area (Å²) in [5.41, 5.74) is 0. The highest BCUT2D eigenvalue weighted by Gasteiger charge is 2.34. The van der Waals surface area contributed by atoms with Crippen molar-refractivity contribution in [1.82, 2.24) is 34.7 Å². The van der Waals surface area contributed by atoms with E-state index >= 15 is 0 Å². The molecule has 2 aromatic rings. The Balaban J connectivity index is 1.28. The molecule has 0 spiro atoms. The third kappa shape index (κ3) is 2.95. The number of hydrogen-bond acceptors (Lipinski definition) is 7. The number of aromatic nitrogens is 5.